The minimum Gasteiger partial charge on any atom is -0.345 e. The van der Waals surface area contributed by atoms with E-state index in [1.54, 1.807) is 36.4 Å². The number of para-hydroxylation sites is 1. The van der Waals surface area contributed by atoms with Crippen molar-refractivity contribution in [2.75, 3.05) is 10.6 Å². The predicted octanol–water partition coefficient (Wildman–Crippen LogP) is 2.86. The molecule has 3 aromatic rings. The molecule has 0 saturated heterocycles. The van der Waals surface area contributed by atoms with Crippen LogP contribution in [0.1, 0.15) is 11.4 Å². The van der Waals surface area contributed by atoms with E-state index in [1.165, 1.54) is 0 Å². The lowest BCUT2D eigenvalue weighted by Crippen LogP contribution is -2.02. The molecular formula is C19H14N10. The van der Waals surface area contributed by atoms with Crippen LogP contribution in [0.25, 0.3) is 11.4 Å². The van der Waals surface area contributed by atoms with Gasteiger partial charge in [0, 0.05) is 17.0 Å². The second kappa shape index (κ2) is 8.30. The number of benzene rings is 1. The third kappa shape index (κ3) is 4.33. The topological polar surface area (TPSA) is 163 Å². The zero-order valence-corrected chi connectivity index (χ0v) is 15.5. The van der Waals surface area contributed by atoms with Gasteiger partial charge in [-0.2, -0.15) is 20.8 Å². The van der Waals surface area contributed by atoms with Gasteiger partial charge in [0.2, 0.25) is 11.9 Å². The van der Waals surface area contributed by atoms with Crippen LogP contribution in [0.4, 0.5) is 17.6 Å². The van der Waals surface area contributed by atoms with Gasteiger partial charge in [0.05, 0.1) is 5.69 Å². The highest BCUT2D eigenvalue weighted by Gasteiger charge is 2.14. The largest absolute Gasteiger partial charge is 0.345 e. The molecule has 0 amide bonds. The van der Waals surface area contributed by atoms with Gasteiger partial charge in [0.15, 0.2) is 11.4 Å². The number of nitrogens with zero attached hydrogens (tertiary/aromatic N) is 7. The maximum Gasteiger partial charge on any atom is 0.249 e. The number of anilines is 3. The molecular weight excluding hydrogens is 368 g/mol. The smallest absolute Gasteiger partial charge is 0.249 e. The van der Waals surface area contributed by atoms with Crippen LogP contribution in [-0.2, 0) is 0 Å². The van der Waals surface area contributed by atoms with Crippen molar-refractivity contribution in [2.24, 2.45) is 0 Å². The number of aromatic amines is 1. The minimum absolute atomic E-state index is 0.149. The number of nitrogens with one attached hydrogen (secondary N) is 3. The van der Waals surface area contributed by atoms with E-state index in [2.05, 4.69) is 35.8 Å². The van der Waals surface area contributed by atoms with Crippen molar-refractivity contribution in [1.29, 1.82) is 15.8 Å². The molecule has 10 heteroatoms. The number of nitriles is 3. The molecule has 0 aliphatic rings. The first-order valence-corrected chi connectivity index (χ1v) is 8.36. The fourth-order valence-electron chi connectivity index (χ4n) is 2.54. The zero-order chi connectivity index (χ0) is 20.8. The number of hydrogen-bond acceptors (Lipinski definition) is 9. The Bertz CT molecular complexity index is 1180. The van der Waals surface area contributed by atoms with E-state index in [-0.39, 0.29) is 17.2 Å². The molecule has 2 heterocycles. The van der Waals surface area contributed by atoms with Gasteiger partial charge in [-0.15, -0.1) is 5.10 Å². The van der Waals surface area contributed by atoms with Crippen LogP contribution in [0.3, 0.4) is 0 Å². The molecule has 0 fully saturated rings. The fourth-order valence-corrected chi connectivity index (χ4v) is 2.54. The highest BCUT2D eigenvalue weighted by molar-refractivity contribution is 5.76. The Labute approximate surface area is 166 Å². The third-order valence-electron chi connectivity index (χ3n) is 3.72. The maximum atomic E-state index is 9.26. The van der Waals surface area contributed by atoms with Gasteiger partial charge < -0.3 is 5.32 Å². The van der Waals surface area contributed by atoms with Crippen molar-refractivity contribution in [1.82, 2.24) is 25.1 Å². The van der Waals surface area contributed by atoms with Crippen LogP contribution in [0, 0.1) is 47.8 Å². The Hall–Kier alpha value is -4.75. The first-order valence-electron chi connectivity index (χ1n) is 8.36. The number of rotatable bonds is 5. The number of aryl methyl sites for hydroxylation is 2. The number of allylic oxidation sites excluding steroid dienone is 2. The van der Waals surface area contributed by atoms with Crippen molar-refractivity contribution < 1.29 is 0 Å². The summed E-state index contributed by atoms with van der Waals surface area (Å²) in [6.45, 7) is 3.73. The molecule has 0 spiro atoms. The summed E-state index contributed by atoms with van der Waals surface area (Å²) < 4.78 is 0. The predicted molar refractivity (Wildman–Crippen MR) is 104 cm³/mol. The van der Waals surface area contributed by atoms with E-state index in [9.17, 15) is 5.26 Å². The first kappa shape index (κ1) is 19.0. The highest BCUT2D eigenvalue weighted by atomic mass is 15.3. The average molecular weight is 382 g/mol. The molecule has 3 N–H and O–H groups in total. The third-order valence-corrected chi connectivity index (χ3v) is 3.72. The van der Waals surface area contributed by atoms with Gasteiger partial charge in [0.25, 0.3) is 0 Å². The van der Waals surface area contributed by atoms with Gasteiger partial charge >= 0.3 is 0 Å². The Morgan fingerprint density at radius 3 is 2.28 bits per heavy atom. The Morgan fingerprint density at radius 1 is 0.931 bits per heavy atom. The van der Waals surface area contributed by atoms with Crippen molar-refractivity contribution >= 4 is 17.6 Å². The van der Waals surface area contributed by atoms with Crippen LogP contribution in [0.15, 0.2) is 41.6 Å². The molecule has 0 aliphatic carbocycles. The molecule has 0 radical (unpaired) electrons. The van der Waals surface area contributed by atoms with Crippen LogP contribution in [0.5, 0.6) is 0 Å². The Kier molecular flexibility index (Phi) is 5.44. The molecule has 140 valence electrons. The van der Waals surface area contributed by atoms with E-state index in [0.717, 1.165) is 11.4 Å². The van der Waals surface area contributed by atoms with Crippen LogP contribution < -0.4 is 10.6 Å². The zero-order valence-electron chi connectivity index (χ0n) is 15.5. The number of aromatic nitrogens is 5. The summed E-state index contributed by atoms with van der Waals surface area (Å²) in [5, 5.41) is 40.0. The fraction of sp³-hybridized carbons (Fsp3) is 0.105. The normalized spacial score (nSPS) is 9.62. The Balaban J connectivity index is 1.92. The molecule has 3 rings (SSSR count). The molecule has 1 aromatic carbocycles. The second-order valence-corrected chi connectivity index (χ2v) is 5.86. The monoisotopic (exact) mass is 382 g/mol. The first-order chi connectivity index (χ1) is 14.0. The van der Waals surface area contributed by atoms with Gasteiger partial charge in [-0.1, -0.05) is 12.1 Å². The molecule has 0 atom stereocenters. The molecule has 0 bridgehead atoms. The van der Waals surface area contributed by atoms with E-state index < -0.39 is 0 Å². The molecule has 0 unspecified atom stereocenters. The summed E-state index contributed by atoms with van der Waals surface area (Å²) in [4.78, 5) is 13.0. The molecule has 0 aliphatic heterocycles. The summed E-state index contributed by atoms with van der Waals surface area (Å²) in [5.41, 5.74) is 2.24. The maximum absolute atomic E-state index is 9.26. The van der Waals surface area contributed by atoms with Crippen LogP contribution in [-0.4, -0.2) is 25.1 Å². The minimum atomic E-state index is -0.311. The quantitative estimate of drug-likeness (QED) is 0.563. The SMILES string of the molecule is Cc1cc(C)nc(Nc2n[nH]c(-c3ccccc3NC(C#N)=C(C#N)C#N)n2)n1. The summed E-state index contributed by atoms with van der Waals surface area (Å²) in [6, 6.07) is 14.1. The molecule has 2 aromatic heterocycles. The van der Waals surface area contributed by atoms with Gasteiger partial charge in [-0.25, -0.2) is 9.97 Å². The van der Waals surface area contributed by atoms with Crippen LogP contribution >= 0.6 is 0 Å². The van der Waals surface area contributed by atoms with Crippen molar-refractivity contribution in [3.63, 3.8) is 0 Å². The van der Waals surface area contributed by atoms with E-state index in [4.69, 9.17) is 10.5 Å². The van der Waals surface area contributed by atoms with E-state index >= 15 is 0 Å². The molecule has 10 nitrogen and oxygen atoms in total. The number of H-pyrrole nitrogens is 1. The lowest BCUT2D eigenvalue weighted by atomic mass is 10.1. The van der Waals surface area contributed by atoms with Gasteiger partial charge in [-0.05, 0) is 32.0 Å². The van der Waals surface area contributed by atoms with E-state index in [0.29, 0.717) is 23.0 Å². The van der Waals surface area contributed by atoms with Crippen molar-refractivity contribution in [2.45, 2.75) is 13.8 Å². The average Bonchev–Trinajstić information content (AvgIpc) is 3.15. The summed E-state index contributed by atoms with van der Waals surface area (Å²) in [5.74, 6) is 1.06. The molecule has 29 heavy (non-hydrogen) atoms. The highest BCUT2D eigenvalue weighted by Crippen LogP contribution is 2.27. The molecule has 0 saturated carbocycles. The summed E-state index contributed by atoms with van der Waals surface area (Å²) >= 11 is 0. The van der Waals surface area contributed by atoms with E-state index in [1.807, 2.05) is 26.0 Å². The Morgan fingerprint density at radius 2 is 1.62 bits per heavy atom. The van der Waals surface area contributed by atoms with Crippen molar-refractivity contribution in [3.05, 3.63) is 53.0 Å². The summed E-state index contributed by atoms with van der Waals surface area (Å²) in [7, 11) is 0. The second-order valence-electron chi connectivity index (χ2n) is 5.86. The van der Waals surface area contributed by atoms with Crippen LogP contribution in [0.2, 0.25) is 0 Å². The summed E-state index contributed by atoms with van der Waals surface area (Å²) in [6.07, 6.45) is 0. The van der Waals surface area contributed by atoms with Gasteiger partial charge in [-0.3, -0.25) is 10.4 Å². The lowest BCUT2D eigenvalue weighted by Gasteiger charge is -2.09. The van der Waals surface area contributed by atoms with Gasteiger partial charge in [0.1, 0.15) is 23.9 Å². The number of hydrogen-bond donors (Lipinski definition) is 3. The lowest BCUT2D eigenvalue weighted by molar-refractivity contribution is 1.04. The van der Waals surface area contributed by atoms with Crippen molar-refractivity contribution in [3.8, 4) is 29.6 Å². The standard InChI is InChI=1S/C19H14N10/c1-11-7-12(2)24-18(23-11)27-19-26-17(28-29-19)14-5-3-4-6-15(14)25-16(10-22)13(8-20)9-21/h3-7,25H,1-2H3,(H2,23,24,26,27,28,29).